The predicted molar refractivity (Wildman–Crippen MR) is 106 cm³/mol. The zero-order valence-electron chi connectivity index (χ0n) is 16.2. The van der Waals surface area contributed by atoms with Gasteiger partial charge in [-0.15, -0.1) is 10.2 Å². The molecule has 2 aliphatic rings. The van der Waals surface area contributed by atoms with E-state index >= 15 is 0 Å². The van der Waals surface area contributed by atoms with E-state index < -0.39 is 11.7 Å². The van der Waals surface area contributed by atoms with E-state index in [1.165, 1.54) is 29.5 Å². The van der Waals surface area contributed by atoms with Gasteiger partial charge in [-0.25, -0.2) is 4.98 Å². The van der Waals surface area contributed by atoms with Crippen molar-refractivity contribution in [3.05, 3.63) is 48.2 Å². The van der Waals surface area contributed by atoms with E-state index in [4.69, 9.17) is 0 Å². The fourth-order valence-electron chi connectivity index (χ4n) is 4.19. The molecule has 0 unspecified atom stereocenters. The zero-order valence-corrected chi connectivity index (χ0v) is 16.2. The molecule has 0 bridgehead atoms. The molecule has 0 aliphatic heterocycles. The highest BCUT2D eigenvalue weighted by molar-refractivity contribution is 5.84. The molecule has 154 valence electrons. The summed E-state index contributed by atoms with van der Waals surface area (Å²) in [6, 6.07) is 5.22. The van der Waals surface area contributed by atoms with Crippen LogP contribution in [0, 0.1) is 11.8 Å². The van der Waals surface area contributed by atoms with Crippen LogP contribution in [0.5, 0.6) is 0 Å². The average molecular weight is 411 g/mol. The number of pyridine rings is 2. The second kappa shape index (κ2) is 6.30. The number of hydrogen-bond acceptors (Lipinski definition) is 3. The molecule has 4 heterocycles. The van der Waals surface area contributed by atoms with Gasteiger partial charge in [0.25, 0.3) is 0 Å². The number of fused-ring (bicyclic) bond motifs is 2. The fourth-order valence-corrected chi connectivity index (χ4v) is 4.19. The van der Waals surface area contributed by atoms with E-state index in [9.17, 15) is 13.2 Å². The summed E-state index contributed by atoms with van der Waals surface area (Å²) in [5.74, 6) is 1.80. The first-order chi connectivity index (χ1) is 14.5. The average Bonchev–Trinajstić information content (AvgIpc) is 3.62. The molecule has 2 fully saturated rings. The Morgan fingerprint density at radius 3 is 2.50 bits per heavy atom. The molecule has 0 radical (unpaired) electrons. The second-order valence-electron chi connectivity index (χ2n) is 8.61. The van der Waals surface area contributed by atoms with Crippen molar-refractivity contribution >= 4 is 16.7 Å². The highest BCUT2D eigenvalue weighted by atomic mass is 19.4. The van der Waals surface area contributed by atoms with Crippen LogP contribution in [0.1, 0.15) is 37.1 Å². The van der Waals surface area contributed by atoms with Gasteiger partial charge < -0.3 is 4.57 Å². The SMILES string of the molecule is FC(F)(F)c1c(-c2cnc3c(ccn3CC3CC3)c2)ccn2c(CC3CC3)nnc12. The minimum absolute atomic E-state index is 0.0877. The van der Waals surface area contributed by atoms with Gasteiger partial charge in [0, 0.05) is 48.1 Å². The van der Waals surface area contributed by atoms with Crippen LogP contribution in [-0.4, -0.2) is 24.1 Å². The lowest BCUT2D eigenvalue weighted by molar-refractivity contribution is -0.136. The van der Waals surface area contributed by atoms with Crippen molar-refractivity contribution in [1.82, 2.24) is 24.1 Å². The van der Waals surface area contributed by atoms with Crippen LogP contribution in [0.25, 0.3) is 27.8 Å². The smallest absolute Gasteiger partial charge is 0.332 e. The monoisotopic (exact) mass is 411 g/mol. The summed E-state index contributed by atoms with van der Waals surface area (Å²) >= 11 is 0. The Hall–Kier alpha value is -2.90. The van der Waals surface area contributed by atoms with Gasteiger partial charge >= 0.3 is 6.18 Å². The van der Waals surface area contributed by atoms with E-state index in [-0.39, 0.29) is 11.2 Å². The Balaban J connectivity index is 1.47. The molecule has 6 rings (SSSR count). The van der Waals surface area contributed by atoms with Crippen molar-refractivity contribution in [3.63, 3.8) is 0 Å². The van der Waals surface area contributed by atoms with Gasteiger partial charge in [0.15, 0.2) is 5.65 Å². The van der Waals surface area contributed by atoms with Crippen molar-refractivity contribution in [2.45, 2.75) is 44.8 Å². The van der Waals surface area contributed by atoms with E-state index in [1.807, 2.05) is 12.3 Å². The first-order valence-corrected chi connectivity index (χ1v) is 10.4. The van der Waals surface area contributed by atoms with E-state index in [2.05, 4.69) is 19.7 Å². The zero-order chi connectivity index (χ0) is 20.5. The molecule has 4 aromatic rings. The lowest BCUT2D eigenvalue weighted by Crippen LogP contribution is -2.11. The first-order valence-electron chi connectivity index (χ1n) is 10.4. The van der Waals surface area contributed by atoms with Gasteiger partial charge in [0.2, 0.25) is 0 Å². The summed E-state index contributed by atoms with van der Waals surface area (Å²) in [6.45, 7) is 0.916. The number of aromatic nitrogens is 5. The van der Waals surface area contributed by atoms with Crippen LogP contribution >= 0.6 is 0 Å². The van der Waals surface area contributed by atoms with Gasteiger partial charge in [-0.3, -0.25) is 4.40 Å². The topological polar surface area (TPSA) is 48.0 Å². The number of rotatable bonds is 5. The second-order valence-corrected chi connectivity index (χ2v) is 8.61. The van der Waals surface area contributed by atoms with E-state index in [0.717, 1.165) is 30.4 Å². The predicted octanol–water partition coefficient (Wildman–Crippen LogP) is 5.13. The molecule has 0 amide bonds. The maximum absolute atomic E-state index is 14.1. The summed E-state index contributed by atoms with van der Waals surface area (Å²) in [5.41, 5.74) is 0.451. The molecular weight excluding hydrogens is 391 g/mol. The van der Waals surface area contributed by atoms with Crippen LogP contribution in [0.2, 0.25) is 0 Å². The van der Waals surface area contributed by atoms with E-state index in [0.29, 0.717) is 29.6 Å². The van der Waals surface area contributed by atoms with Crippen molar-refractivity contribution in [1.29, 1.82) is 0 Å². The van der Waals surface area contributed by atoms with Crippen LogP contribution in [-0.2, 0) is 19.1 Å². The van der Waals surface area contributed by atoms with E-state index in [1.54, 1.807) is 12.3 Å². The quantitative estimate of drug-likeness (QED) is 0.458. The summed E-state index contributed by atoms with van der Waals surface area (Å²) in [5, 5.41) is 8.84. The first kappa shape index (κ1) is 17.9. The molecule has 0 saturated heterocycles. The third-order valence-electron chi connectivity index (χ3n) is 6.17. The highest BCUT2D eigenvalue weighted by Gasteiger charge is 2.38. The third-order valence-corrected chi connectivity index (χ3v) is 6.17. The Labute approximate surface area is 170 Å². The van der Waals surface area contributed by atoms with Crippen molar-refractivity contribution in [3.8, 4) is 11.1 Å². The molecule has 8 heteroatoms. The summed E-state index contributed by atoms with van der Waals surface area (Å²) in [4.78, 5) is 4.51. The van der Waals surface area contributed by atoms with Gasteiger partial charge in [0.05, 0.1) is 0 Å². The maximum atomic E-state index is 14.1. The van der Waals surface area contributed by atoms with Crippen LogP contribution in [0.15, 0.2) is 36.8 Å². The highest BCUT2D eigenvalue weighted by Crippen LogP contribution is 2.41. The third kappa shape index (κ3) is 3.05. The Morgan fingerprint density at radius 2 is 1.77 bits per heavy atom. The lowest BCUT2D eigenvalue weighted by atomic mass is 10.0. The molecule has 4 aromatic heterocycles. The Morgan fingerprint density at radius 1 is 0.967 bits per heavy atom. The number of alkyl halides is 3. The van der Waals surface area contributed by atoms with Gasteiger partial charge in [-0.1, -0.05) is 0 Å². The van der Waals surface area contributed by atoms with Crippen LogP contribution in [0.4, 0.5) is 13.2 Å². The molecule has 30 heavy (non-hydrogen) atoms. The fraction of sp³-hybridized carbons (Fsp3) is 0.409. The van der Waals surface area contributed by atoms with Crippen molar-refractivity contribution < 1.29 is 13.2 Å². The molecule has 0 aromatic carbocycles. The Kier molecular flexibility index (Phi) is 3.76. The summed E-state index contributed by atoms with van der Waals surface area (Å²) in [6.07, 6.45) is 5.94. The van der Waals surface area contributed by atoms with Crippen molar-refractivity contribution in [2.75, 3.05) is 0 Å². The molecule has 0 spiro atoms. The standard InChI is InChI=1S/C22H20F3N5/c23-22(24,25)19-17(6-8-30-18(9-13-1-2-13)27-28-21(19)30)16-10-15-5-7-29(12-14-3-4-14)20(15)26-11-16/h5-8,10-11,13-14H,1-4,9,12H2. The molecular formula is C22H20F3N5. The van der Waals surface area contributed by atoms with Gasteiger partial charge in [0.1, 0.15) is 17.0 Å². The summed E-state index contributed by atoms with van der Waals surface area (Å²) < 4.78 is 45.9. The number of hydrogen-bond donors (Lipinski definition) is 0. The molecule has 5 nitrogen and oxygen atoms in total. The van der Waals surface area contributed by atoms with Crippen LogP contribution < -0.4 is 0 Å². The minimum atomic E-state index is -4.55. The van der Waals surface area contributed by atoms with Crippen LogP contribution in [0.3, 0.4) is 0 Å². The largest absolute Gasteiger partial charge is 0.420 e. The van der Waals surface area contributed by atoms with Gasteiger partial charge in [-0.2, -0.15) is 13.2 Å². The molecule has 0 N–H and O–H groups in total. The molecule has 2 aliphatic carbocycles. The minimum Gasteiger partial charge on any atom is -0.332 e. The number of nitrogens with zero attached hydrogens (tertiary/aromatic N) is 5. The van der Waals surface area contributed by atoms with Gasteiger partial charge in [-0.05, 0) is 55.7 Å². The normalized spacial score (nSPS) is 17.3. The number of halogens is 3. The summed E-state index contributed by atoms with van der Waals surface area (Å²) in [7, 11) is 0. The maximum Gasteiger partial charge on any atom is 0.420 e. The lowest BCUT2D eigenvalue weighted by Gasteiger charge is -2.14. The molecule has 0 atom stereocenters. The van der Waals surface area contributed by atoms with Crippen molar-refractivity contribution in [2.24, 2.45) is 11.8 Å². The Bertz CT molecular complexity index is 1260. The molecule has 2 saturated carbocycles.